The fourth-order valence-corrected chi connectivity index (χ4v) is 1.95. The van der Waals surface area contributed by atoms with Gasteiger partial charge in [-0.05, 0) is 20.3 Å². The first-order chi connectivity index (χ1) is 6.97. The van der Waals surface area contributed by atoms with Gasteiger partial charge in [-0.15, -0.1) is 0 Å². The Morgan fingerprint density at radius 1 is 1.13 bits per heavy atom. The normalized spacial score (nSPS) is 42.2. The molecule has 5 nitrogen and oxygen atoms in total. The van der Waals surface area contributed by atoms with Gasteiger partial charge in [0.05, 0.1) is 18.3 Å². The van der Waals surface area contributed by atoms with Gasteiger partial charge in [0.2, 0.25) is 0 Å². The van der Waals surface area contributed by atoms with Crippen molar-refractivity contribution in [3.8, 4) is 0 Å². The molecular weight excluding hydrogens is 200 g/mol. The molecule has 5 atom stereocenters. The van der Waals surface area contributed by atoms with E-state index in [0.29, 0.717) is 6.42 Å². The predicted molar refractivity (Wildman–Crippen MR) is 53.2 cm³/mol. The molecule has 1 saturated carbocycles. The van der Waals surface area contributed by atoms with E-state index >= 15 is 0 Å². The Kier molecular flexibility index (Phi) is 4.48. The van der Waals surface area contributed by atoms with E-state index in [1.54, 1.807) is 0 Å². The second-order valence-corrected chi connectivity index (χ2v) is 4.37. The lowest BCUT2D eigenvalue weighted by molar-refractivity contribution is -0.186. The van der Waals surface area contributed by atoms with Crippen molar-refractivity contribution in [1.29, 1.82) is 0 Å². The third-order valence-corrected chi connectivity index (χ3v) is 2.78. The van der Waals surface area contributed by atoms with E-state index < -0.39 is 30.3 Å². The van der Waals surface area contributed by atoms with Gasteiger partial charge in [0.25, 0.3) is 0 Å². The molecule has 0 aromatic carbocycles. The maximum absolute atomic E-state index is 9.65. The van der Waals surface area contributed by atoms with Crippen LogP contribution in [0, 0.1) is 5.92 Å². The molecule has 0 aromatic rings. The van der Waals surface area contributed by atoms with Crippen LogP contribution in [0.25, 0.3) is 0 Å². The van der Waals surface area contributed by atoms with Crippen molar-refractivity contribution in [2.24, 2.45) is 5.92 Å². The molecule has 0 heterocycles. The van der Waals surface area contributed by atoms with Crippen molar-refractivity contribution in [3.05, 3.63) is 0 Å². The highest BCUT2D eigenvalue weighted by atomic mass is 16.5. The fourth-order valence-electron chi connectivity index (χ4n) is 1.95. The number of hydrogen-bond acceptors (Lipinski definition) is 5. The molecule has 0 amide bonds. The monoisotopic (exact) mass is 220 g/mol. The lowest BCUT2D eigenvalue weighted by Gasteiger charge is -2.40. The summed E-state index contributed by atoms with van der Waals surface area (Å²) in [6, 6.07) is 0. The maximum Gasteiger partial charge on any atom is 0.109 e. The van der Waals surface area contributed by atoms with Crippen LogP contribution in [0.5, 0.6) is 0 Å². The van der Waals surface area contributed by atoms with Crippen LogP contribution >= 0.6 is 0 Å². The highest BCUT2D eigenvalue weighted by Crippen LogP contribution is 2.28. The fraction of sp³-hybridized carbons (Fsp3) is 1.00. The maximum atomic E-state index is 9.65. The standard InChI is InChI=1S/C10H20O5/c1-5(2)15-7-3-6(4-11)8(12)10(14)9(7)13/h5-14H,3-4H2,1-2H3. The Balaban J connectivity index is 2.65. The average Bonchev–Trinajstić information content (AvgIpc) is 2.18. The lowest BCUT2D eigenvalue weighted by Crippen LogP contribution is -2.55. The van der Waals surface area contributed by atoms with Gasteiger partial charge in [-0.2, -0.15) is 0 Å². The number of aliphatic hydroxyl groups excluding tert-OH is 4. The summed E-state index contributed by atoms with van der Waals surface area (Å²) in [6.45, 7) is 3.44. The van der Waals surface area contributed by atoms with Crippen LogP contribution in [0.1, 0.15) is 20.3 Å². The van der Waals surface area contributed by atoms with E-state index in [-0.39, 0.29) is 12.7 Å². The van der Waals surface area contributed by atoms with Crippen molar-refractivity contribution < 1.29 is 25.2 Å². The molecule has 4 N–H and O–H groups in total. The zero-order chi connectivity index (χ0) is 11.6. The van der Waals surface area contributed by atoms with Crippen LogP contribution in [-0.2, 0) is 4.74 Å². The molecule has 1 aliphatic carbocycles. The Hall–Kier alpha value is -0.200. The Labute approximate surface area is 89.3 Å². The second kappa shape index (κ2) is 5.23. The van der Waals surface area contributed by atoms with E-state index in [1.807, 2.05) is 13.8 Å². The van der Waals surface area contributed by atoms with Crippen LogP contribution in [0.2, 0.25) is 0 Å². The highest BCUT2D eigenvalue weighted by Gasteiger charge is 2.43. The molecule has 5 heteroatoms. The van der Waals surface area contributed by atoms with Crippen molar-refractivity contribution in [2.45, 2.75) is 50.8 Å². The number of hydrogen-bond donors (Lipinski definition) is 4. The molecule has 0 saturated heterocycles. The molecule has 1 aliphatic rings. The summed E-state index contributed by atoms with van der Waals surface area (Å²) in [7, 11) is 0. The van der Waals surface area contributed by atoms with Crippen LogP contribution in [0.4, 0.5) is 0 Å². The molecule has 0 aromatic heterocycles. The van der Waals surface area contributed by atoms with Gasteiger partial charge in [0.1, 0.15) is 12.2 Å². The van der Waals surface area contributed by atoms with Crippen LogP contribution in [-0.4, -0.2) is 57.6 Å². The molecule has 90 valence electrons. The van der Waals surface area contributed by atoms with Gasteiger partial charge in [-0.25, -0.2) is 0 Å². The Morgan fingerprint density at radius 2 is 1.73 bits per heavy atom. The summed E-state index contributed by atoms with van der Waals surface area (Å²) < 4.78 is 5.42. The van der Waals surface area contributed by atoms with E-state index in [2.05, 4.69) is 0 Å². The van der Waals surface area contributed by atoms with Crippen molar-refractivity contribution in [3.63, 3.8) is 0 Å². The molecule has 1 fully saturated rings. The predicted octanol–water partition coefficient (Wildman–Crippen LogP) is -1.13. The smallest absolute Gasteiger partial charge is 0.109 e. The van der Waals surface area contributed by atoms with Gasteiger partial charge in [0, 0.05) is 12.5 Å². The summed E-state index contributed by atoms with van der Waals surface area (Å²) in [6.07, 6.45) is -3.66. The van der Waals surface area contributed by atoms with Gasteiger partial charge in [-0.3, -0.25) is 0 Å². The van der Waals surface area contributed by atoms with Crippen molar-refractivity contribution in [1.82, 2.24) is 0 Å². The van der Waals surface area contributed by atoms with Crippen LogP contribution in [0.15, 0.2) is 0 Å². The van der Waals surface area contributed by atoms with E-state index in [1.165, 1.54) is 0 Å². The summed E-state index contributed by atoms with van der Waals surface area (Å²) in [5, 5.41) is 37.7. The van der Waals surface area contributed by atoms with Crippen LogP contribution < -0.4 is 0 Å². The quantitative estimate of drug-likeness (QED) is 0.483. The number of rotatable bonds is 3. The van der Waals surface area contributed by atoms with E-state index in [9.17, 15) is 15.3 Å². The Morgan fingerprint density at radius 3 is 2.20 bits per heavy atom. The topological polar surface area (TPSA) is 90.2 Å². The van der Waals surface area contributed by atoms with E-state index in [4.69, 9.17) is 9.84 Å². The van der Waals surface area contributed by atoms with Gasteiger partial charge in [-0.1, -0.05) is 0 Å². The van der Waals surface area contributed by atoms with Gasteiger partial charge >= 0.3 is 0 Å². The minimum absolute atomic E-state index is 0.0635. The summed E-state index contributed by atoms with van der Waals surface area (Å²) in [4.78, 5) is 0. The zero-order valence-electron chi connectivity index (χ0n) is 9.08. The first kappa shape index (κ1) is 12.9. The molecular formula is C10H20O5. The first-order valence-corrected chi connectivity index (χ1v) is 5.28. The van der Waals surface area contributed by atoms with Crippen molar-refractivity contribution >= 4 is 0 Å². The average molecular weight is 220 g/mol. The third-order valence-electron chi connectivity index (χ3n) is 2.78. The van der Waals surface area contributed by atoms with Gasteiger partial charge < -0.3 is 25.2 Å². The molecule has 1 rings (SSSR count). The Bertz CT molecular complexity index is 194. The second-order valence-electron chi connectivity index (χ2n) is 4.37. The highest BCUT2D eigenvalue weighted by molar-refractivity contribution is 4.93. The number of aliphatic hydroxyl groups is 4. The summed E-state index contributed by atoms with van der Waals surface area (Å²) in [5.74, 6) is -0.438. The summed E-state index contributed by atoms with van der Waals surface area (Å²) in [5.41, 5.74) is 0. The zero-order valence-corrected chi connectivity index (χ0v) is 9.08. The van der Waals surface area contributed by atoms with Crippen LogP contribution in [0.3, 0.4) is 0 Å². The molecule has 0 spiro atoms. The largest absolute Gasteiger partial charge is 0.396 e. The molecule has 0 bridgehead atoms. The lowest BCUT2D eigenvalue weighted by atomic mass is 9.81. The minimum atomic E-state index is -1.25. The minimum Gasteiger partial charge on any atom is -0.396 e. The van der Waals surface area contributed by atoms with Gasteiger partial charge in [0.15, 0.2) is 0 Å². The number of ether oxygens (including phenoxy) is 1. The molecule has 0 aliphatic heterocycles. The first-order valence-electron chi connectivity index (χ1n) is 5.28. The SMILES string of the molecule is CC(C)OC1CC(CO)C(O)C(O)C1O. The van der Waals surface area contributed by atoms with E-state index in [0.717, 1.165) is 0 Å². The van der Waals surface area contributed by atoms with Crippen molar-refractivity contribution in [2.75, 3.05) is 6.61 Å². The molecule has 0 radical (unpaired) electrons. The summed E-state index contributed by atoms with van der Waals surface area (Å²) >= 11 is 0. The molecule has 15 heavy (non-hydrogen) atoms. The third kappa shape index (κ3) is 2.89. The molecule has 5 unspecified atom stereocenters.